The van der Waals surface area contributed by atoms with Gasteiger partial charge in [0, 0.05) is 17.1 Å². The van der Waals surface area contributed by atoms with E-state index in [0.717, 1.165) is 0 Å². The van der Waals surface area contributed by atoms with E-state index in [1.165, 1.54) is 0 Å². The van der Waals surface area contributed by atoms with Gasteiger partial charge in [-0.05, 0) is 0 Å². The van der Waals surface area contributed by atoms with E-state index in [4.69, 9.17) is 0 Å². The summed E-state index contributed by atoms with van der Waals surface area (Å²) < 4.78 is 0. The maximum atomic E-state index is 0. The predicted octanol–water partition coefficient (Wildman–Crippen LogP) is -0.920. The molecule has 0 aromatic rings. The van der Waals surface area contributed by atoms with Gasteiger partial charge in [0.25, 0.3) is 0 Å². The van der Waals surface area contributed by atoms with Crippen molar-refractivity contribution in [2.75, 3.05) is 0 Å². The second kappa shape index (κ2) is 17.5. The van der Waals surface area contributed by atoms with Crippen molar-refractivity contribution in [2.24, 2.45) is 0 Å². The van der Waals surface area contributed by atoms with Crippen LogP contribution in [0.5, 0.6) is 0 Å². The fraction of sp³-hybridized carbons (Fsp3) is 0. The van der Waals surface area contributed by atoms with Crippen LogP contribution in [0.25, 0.3) is 0 Å². The van der Waals surface area contributed by atoms with Crippen LogP contribution in [0.1, 0.15) is 2.85 Å². The molecule has 0 spiro atoms. The maximum Gasteiger partial charge on any atom is 2.00 e. The molecule has 0 rings (SSSR count). The number of rotatable bonds is 0. The molecule has 4 heavy (non-hydrogen) atoms. The largest absolute Gasteiger partial charge is 2.00 e. The van der Waals surface area contributed by atoms with Gasteiger partial charge in [-0.25, -0.2) is 0 Å². The van der Waals surface area contributed by atoms with Gasteiger partial charge in [-0.15, -0.1) is 12.4 Å². The third kappa shape index (κ3) is 8.82. The standard InChI is InChI=1S/Al.Ca.ClH.Fe.5H/h;;1H;;;;;;/q;+2;;;;;;2*-1. The molecule has 0 nitrogen and oxygen atoms in total. The van der Waals surface area contributed by atoms with E-state index >= 15 is 0 Å². The number of hydrogen-bond acceptors (Lipinski definition) is 0. The van der Waals surface area contributed by atoms with Crippen LogP contribution in [0, 0.1) is 0 Å². The summed E-state index contributed by atoms with van der Waals surface area (Å²) in [5, 5.41) is 0. The van der Waals surface area contributed by atoms with Crippen molar-refractivity contribution < 1.29 is 19.9 Å². The molecule has 0 fully saturated rings. The Hall–Kier alpha value is 2.60. The Balaban J connectivity index is 0. The topological polar surface area (TPSA) is 0 Å². The smallest absolute Gasteiger partial charge is 1.00 e. The molecule has 0 aliphatic rings. The Morgan fingerprint density at radius 1 is 1.25 bits per heavy atom. The van der Waals surface area contributed by atoms with Crippen LogP contribution in [0.2, 0.25) is 0 Å². The molecule has 0 aromatic heterocycles. The quantitative estimate of drug-likeness (QED) is 0.406. The Kier molecular flexibility index (Phi) is 134. The van der Waals surface area contributed by atoms with Gasteiger partial charge in [0.1, 0.15) is 0 Å². The molecule has 0 saturated heterocycles. The van der Waals surface area contributed by atoms with Gasteiger partial charge in [0.2, 0.25) is 0 Å². The second-order valence-corrected chi connectivity index (χ2v) is 0. The third-order valence-electron chi connectivity index (χ3n) is 0. The Morgan fingerprint density at radius 3 is 1.25 bits per heavy atom. The molecule has 0 saturated carbocycles. The van der Waals surface area contributed by atoms with Crippen molar-refractivity contribution in [2.45, 2.75) is 0 Å². The molecule has 0 atom stereocenters. The minimum atomic E-state index is 0. The molecule has 4 heteroatoms. The number of halogens is 1. The molecule has 0 N–H and O–H groups in total. The van der Waals surface area contributed by atoms with E-state index in [0.29, 0.717) is 0 Å². The summed E-state index contributed by atoms with van der Waals surface area (Å²) in [4.78, 5) is 0. The van der Waals surface area contributed by atoms with E-state index in [9.17, 15) is 0 Å². The minimum Gasteiger partial charge on any atom is -1.00 e. The van der Waals surface area contributed by atoms with Crippen LogP contribution in [-0.4, -0.2) is 55.1 Å². The van der Waals surface area contributed by atoms with E-state index in [1.54, 1.807) is 0 Å². The van der Waals surface area contributed by atoms with Crippen LogP contribution in [0.15, 0.2) is 0 Å². The van der Waals surface area contributed by atoms with Gasteiger partial charge in [-0.3, -0.25) is 0 Å². The van der Waals surface area contributed by atoms with Gasteiger partial charge in [0.15, 0.2) is 17.4 Å². The second-order valence-electron chi connectivity index (χ2n) is 0. The molecule has 0 heterocycles. The zero-order valence-electron chi connectivity index (χ0n) is 3.47. The average molecular weight is 164 g/mol. The van der Waals surface area contributed by atoms with Crippen LogP contribution >= 0.6 is 12.4 Å². The summed E-state index contributed by atoms with van der Waals surface area (Å²) in [6.07, 6.45) is 0. The van der Waals surface area contributed by atoms with Crippen LogP contribution in [0.3, 0.4) is 0 Å². The zero-order chi connectivity index (χ0) is 0. The van der Waals surface area contributed by atoms with Crippen molar-refractivity contribution in [3.8, 4) is 0 Å². The first kappa shape index (κ1) is 30.6. The fourth-order valence-corrected chi connectivity index (χ4v) is 0. The van der Waals surface area contributed by atoms with Crippen LogP contribution < -0.4 is 0 Å². The summed E-state index contributed by atoms with van der Waals surface area (Å²) >= 11 is 0. The van der Waals surface area contributed by atoms with Gasteiger partial charge in [-0.1, -0.05) is 0 Å². The third-order valence-corrected chi connectivity index (χ3v) is 0. The Labute approximate surface area is 86.1 Å². The molecule has 0 aliphatic heterocycles. The molecular weight excluding hydrogens is 158 g/mol. The van der Waals surface area contributed by atoms with Crippen molar-refractivity contribution in [1.82, 2.24) is 0 Å². The summed E-state index contributed by atoms with van der Waals surface area (Å²) in [5.74, 6) is 0. The van der Waals surface area contributed by atoms with Crippen LogP contribution in [-0.2, 0) is 17.1 Å². The maximum absolute atomic E-state index is 0. The minimum absolute atomic E-state index is 0. The average Bonchev–Trinajstić information content (AvgIpc) is 0. The van der Waals surface area contributed by atoms with Crippen molar-refractivity contribution >= 4 is 67.5 Å². The SMILES string of the molecule is Cl.[AlH3].[Ca+2].[Fe].[H-].[H-]. The Morgan fingerprint density at radius 2 is 1.25 bits per heavy atom. The van der Waals surface area contributed by atoms with Gasteiger partial charge < -0.3 is 2.85 Å². The first-order chi connectivity index (χ1) is 0. The molecule has 0 unspecified atom stereocenters. The van der Waals surface area contributed by atoms with Crippen molar-refractivity contribution in [3.63, 3.8) is 0 Å². The van der Waals surface area contributed by atoms with Crippen molar-refractivity contribution in [1.29, 1.82) is 0 Å². The van der Waals surface area contributed by atoms with E-state index in [1.807, 2.05) is 0 Å². The van der Waals surface area contributed by atoms with E-state index < -0.39 is 0 Å². The first-order valence-corrected chi connectivity index (χ1v) is 0. The van der Waals surface area contributed by atoms with Crippen molar-refractivity contribution in [3.05, 3.63) is 0 Å². The zero-order valence-corrected chi connectivity index (χ0v) is 5.60. The van der Waals surface area contributed by atoms with E-state index in [-0.39, 0.29) is 87.4 Å². The molecule has 0 aliphatic carbocycles. The Bertz CT molecular complexity index is 13.5. The summed E-state index contributed by atoms with van der Waals surface area (Å²) in [6, 6.07) is 0. The van der Waals surface area contributed by atoms with Crippen LogP contribution in [0.4, 0.5) is 0 Å². The predicted molar refractivity (Wildman–Crippen MR) is 25.2 cm³/mol. The molecule has 0 aromatic carbocycles. The normalized spacial score (nSPS) is 0. The fourth-order valence-electron chi connectivity index (χ4n) is 0. The molecule has 26 valence electrons. The number of hydrogen-bond donors (Lipinski definition) is 0. The molecule has 0 radical (unpaired) electrons. The summed E-state index contributed by atoms with van der Waals surface area (Å²) in [7, 11) is 0. The summed E-state index contributed by atoms with van der Waals surface area (Å²) in [5.41, 5.74) is 0. The molecule has 0 bridgehead atoms. The molecule has 0 amide bonds. The van der Waals surface area contributed by atoms with Gasteiger partial charge in [0.05, 0.1) is 0 Å². The van der Waals surface area contributed by atoms with E-state index in [2.05, 4.69) is 0 Å². The monoisotopic (exact) mass is 164 g/mol. The molecular formula is H6AlCaClFe. The summed E-state index contributed by atoms with van der Waals surface area (Å²) in [6.45, 7) is 0. The van der Waals surface area contributed by atoms with Gasteiger partial charge >= 0.3 is 37.7 Å². The van der Waals surface area contributed by atoms with Gasteiger partial charge in [-0.2, -0.15) is 0 Å². The first-order valence-electron chi connectivity index (χ1n) is 0.